The molecule has 0 aliphatic carbocycles. The summed E-state index contributed by atoms with van der Waals surface area (Å²) in [7, 11) is 3.02. The van der Waals surface area contributed by atoms with Crippen LogP contribution in [0.3, 0.4) is 0 Å². The van der Waals surface area contributed by atoms with E-state index in [9.17, 15) is 4.79 Å². The van der Waals surface area contributed by atoms with Crippen LogP contribution < -0.4 is 14.8 Å². The van der Waals surface area contributed by atoms with Gasteiger partial charge in [-0.25, -0.2) is 0 Å². The summed E-state index contributed by atoms with van der Waals surface area (Å²) in [4.78, 5) is 12.5. The van der Waals surface area contributed by atoms with E-state index in [0.29, 0.717) is 39.3 Å². The quantitative estimate of drug-likeness (QED) is 0.532. The molecule has 0 fully saturated rings. The summed E-state index contributed by atoms with van der Waals surface area (Å²) < 4.78 is 12.7. The van der Waals surface area contributed by atoms with Crippen molar-refractivity contribution in [2.45, 2.75) is 19.9 Å². The first-order chi connectivity index (χ1) is 13.9. The zero-order valence-corrected chi connectivity index (χ0v) is 17.9. The predicted octanol–water partition coefficient (Wildman–Crippen LogP) is 4.62. The van der Waals surface area contributed by atoms with Crippen LogP contribution in [0.2, 0.25) is 5.02 Å². The highest BCUT2D eigenvalue weighted by atomic mass is 35.5. The second-order valence-electron chi connectivity index (χ2n) is 6.36. The first-order valence-corrected chi connectivity index (χ1v) is 9.65. The number of methoxy groups -OCH3 is 2. The molecule has 3 aromatic rings. The van der Waals surface area contributed by atoms with Gasteiger partial charge in [0.1, 0.15) is 11.5 Å². The number of aromatic amines is 1. The summed E-state index contributed by atoms with van der Waals surface area (Å²) in [5.74, 6) is 1.41. The van der Waals surface area contributed by atoms with Crippen molar-refractivity contribution in [2.24, 2.45) is 0 Å². The maximum atomic E-state index is 12.5. The van der Waals surface area contributed by atoms with Gasteiger partial charge in [0.25, 0.3) is 0 Å². The van der Waals surface area contributed by atoms with Gasteiger partial charge in [-0.05, 0) is 25.2 Å². The lowest BCUT2D eigenvalue weighted by Gasteiger charge is -2.13. The summed E-state index contributed by atoms with van der Waals surface area (Å²) in [5, 5.41) is 10.3. The number of hydrogen-bond acceptors (Lipinski definition) is 5. The highest BCUT2D eigenvalue weighted by molar-refractivity contribution is 7.71. The Labute approximate surface area is 178 Å². The molecule has 2 aromatic carbocycles. The van der Waals surface area contributed by atoms with Gasteiger partial charge in [0.15, 0.2) is 10.6 Å². The maximum absolute atomic E-state index is 12.5. The molecule has 9 heteroatoms. The molecule has 1 amide bonds. The zero-order valence-electron chi connectivity index (χ0n) is 16.3. The molecule has 0 aliphatic rings. The Hall–Kier alpha value is -2.84. The maximum Gasteiger partial charge on any atom is 0.226 e. The van der Waals surface area contributed by atoms with Crippen LogP contribution >= 0.6 is 23.8 Å². The van der Waals surface area contributed by atoms with Crippen LogP contribution in [0.15, 0.2) is 36.4 Å². The number of aryl methyl sites for hydroxylation is 1. The molecule has 7 nitrogen and oxygen atoms in total. The van der Waals surface area contributed by atoms with E-state index in [-0.39, 0.29) is 12.3 Å². The van der Waals surface area contributed by atoms with Crippen molar-refractivity contribution in [1.29, 1.82) is 0 Å². The van der Waals surface area contributed by atoms with Crippen LogP contribution in [0.1, 0.15) is 12.0 Å². The second-order valence-corrected chi connectivity index (χ2v) is 7.15. The highest BCUT2D eigenvalue weighted by Crippen LogP contribution is 2.36. The van der Waals surface area contributed by atoms with Crippen molar-refractivity contribution in [1.82, 2.24) is 14.8 Å². The van der Waals surface area contributed by atoms with E-state index in [1.165, 1.54) is 14.2 Å². The Kier molecular flexibility index (Phi) is 6.56. The number of rotatable bonds is 7. The molecule has 1 heterocycles. The number of aromatic nitrogens is 3. The van der Waals surface area contributed by atoms with Gasteiger partial charge in [0, 0.05) is 24.6 Å². The first-order valence-electron chi connectivity index (χ1n) is 8.86. The number of carbonyl (C=O) groups excluding carboxylic acids is 1. The number of amides is 1. The van der Waals surface area contributed by atoms with Gasteiger partial charge in [-0.3, -0.25) is 14.5 Å². The van der Waals surface area contributed by atoms with Gasteiger partial charge in [0.05, 0.1) is 24.9 Å². The molecule has 0 spiro atoms. The van der Waals surface area contributed by atoms with E-state index in [0.717, 1.165) is 11.1 Å². The highest BCUT2D eigenvalue weighted by Gasteiger charge is 2.14. The van der Waals surface area contributed by atoms with Gasteiger partial charge < -0.3 is 14.8 Å². The fourth-order valence-electron chi connectivity index (χ4n) is 2.83. The first kappa shape index (κ1) is 20.9. The molecule has 1 aromatic heterocycles. The molecule has 0 bridgehead atoms. The minimum absolute atomic E-state index is 0.194. The van der Waals surface area contributed by atoms with Crippen LogP contribution in [0.25, 0.3) is 11.4 Å². The largest absolute Gasteiger partial charge is 0.495 e. The molecule has 2 N–H and O–H groups in total. The van der Waals surface area contributed by atoms with Crippen LogP contribution in [-0.4, -0.2) is 34.9 Å². The minimum atomic E-state index is -0.206. The molecule has 0 unspecified atom stereocenters. The van der Waals surface area contributed by atoms with Crippen molar-refractivity contribution in [2.75, 3.05) is 19.5 Å². The molecule has 3 rings (SSSR count). The number of nitrogens with one attached hydrogen (secondary N) is 2. The number of nitrogens with zero attached hydrogens (tertiary/aromatic N) is 2. The van der Waals surface area contributed by atoms with E-state index in [2.05, 4.69) is 15.5 Å². The number of anilines is 1. The van der Waals surface area contributed by atoms with Crippen molar-refractivity contribution in [3.05, 3.63) is 51.8 Å². The van der Waals surface area contributed by atoms with Crippen LogP contribution in [-0.2, 0) is 11.3 Å². The van der Waals surface area contributed by atoms with Crippen molar-refractivity contribution in [3.8, 4) is 22.9 Å². The Balaban J connectivity index is 1.74. The van der Waals surface area contributed by atoms with E-state index in [1.54, 1.807) is 16.7 Å². The number of benzene rings is 2. The molecular weight excluding hydrogens is 412 g/mol. The topological polar surface area (TPSA) is 81.2 Å². The fourth-order valence-corrected chi connectivity index (χ4v) is 3.30. The number of ether oxygens (including phenoxy) is 2. The lowest BCUT2D eigenvalue weighted by atomic mass is 10.1. The lowest BCUT2D eigenvalue weighted by molar-refractivity contribution is -0.116. The van der Waals surface area contributed by atoms with Gasteiger partial charge in [-0.1, -0.05) is 41.4 Å². The monoisotopic (exact) mass is 432 g/mol. The normalized spacial score (nSPS) is 10.6. The summed E-state index contributed by atoms with van der Waals surface area (Å²) in [6, 6.07) is 11.2. The summed E-state index contributed by atoms with van der Waals surface area (Å²) in [6.07, 6.45) is 0.194. The smallest absolute Gasteiger partial charge is 0.226 e. The predicted molar refractivity (Wildman–Crippen MR) is 115 cm³/mol. The average molecular weight is 433 g/mol. The summed E-state index contributed by atoms with van der Waals surface area (Å²) >= 11 is 11.5. The van der Waals surface area contributed by atoms with Gasteiger partial charge in [-0.2, -0.15) is 5.10 Å². The lowest BCUT2D eigenvalue weighted by Crippen LogP contribution is -2.15. The summed E-state index contributed by atoms with van der Waals surface area (Å²) in [5.41, 5.74) is 2.55. The Morgan fingerprint density at radius 1 is 1.21 bits per heavy atom. The number of hydrogen-bond donors (Lipinski definition) is 2. The van der Waals surface area contributed by atoms with Gasteiger partial charge >= 0.3 is 0 Å². The third kappa shape index (κ3) is 4.78. The van der Waals surface area contributed by atoms with Gasteiger partial charge in [0.2, 0.25) is 5.91 Å². The van der Waals surface area contributed by atoms with Crippen molar-refractivity contribution < 1.29 is 14.3 Å². The molecule has 0 saturated carbocycles. The fraction of sp³-hybridized carbons (Fsp3) is 0.250. The summed E-state index contributed by atoms with van der Waals surface area (Å²) in [6.45, 7) is 2.39. The SMILES string of the molecule is COc1cc(OC)c(NC(=O)CCn2c(-c3ccc(C)cc3)n[nH]c2=S)cc1Cl. The Morgan fingerprint density at radius 3 is 2.55 bits per heavy atom. The van der Waals surface area contributed by atoms with E-state index in [1.807, 2.05) is 31.2 Å². The molecule has 0 atom stereocenters. The van der Waals surface area contributed by atoms with Crippen LogP contribution in [0.4, 0.5) is 5.69 Å². The number of halogens is 1. The third-order valence-electron chi connectivity index (χ3n) is 4.38. The molecule has 0 radical (unpaired) electrons. The molecule has 152 valence electrons. The third-order valence-corrected chi connectivity index (χ3v) is 4.99. The van der Waals surface area contributed by atoms with Gasteiger partial charge in [-0.15, -0.1) is 0 Å². The van der Waals surface area contributed by atoms with Crippen LogP contribution in [0, 0.1) is 11.7 Å². The Bertz CT molecular complexity index is 1080. The van der Waals surface area contributed by atoms with Crippen molar-refractivity contribution >= 4 is 35.4 Å². The molecule has 0 aliphatic heterocycles. The number of carbonyl (C=O) groups is 1. The molecule has 0 saturated heterocycles. The standard InChI is InChI=1S/C20H21ClN4O3S/c1-12-4-6-13(7-5-12)19-23-24-20(29)25(19)9-8-18(26)22-15-10-14(21)16(27-2)11-17(15)28-3/h4-7,10-11H,8-9H2,1-3H3,(H,22,26)(H,24,29). The number of H-pyrrole nitrogens is 1. The van der Waals surface area contributed by atoms with E-state index in [4.69, 9.17) is 33.3 Å². The molecule has 29 heavy (non-hydrogen) atoms. The minimum Gasteiger partial charge on any atom is -0.495 e. The van der Waals surface area contributed by atoms with Crippen LogP contribution in [0.5, 0.6) is 11.5 Å². The second kappa shape index (κ2) is 9.11. The van der Waals surface area contributed by atoms with E-state index >= 15 is 0 Å². The average Bonchev–Trinajstić information content (AvgIpc) is 3.07. The van der Waals surface area contributed by atoms with Crippen molar-refractivity contribution in [3.63, 3.8) is 0 Å². The molecular formula is C20H21ClN4O3S. The zero-order chi connectivity index (χ0) is 21.0. The Morgan fingerprint density at radius 2 is 1.90 bits per heavy atom. The van der Waals surface area contributed by atoms with E-state index < -0.39 is 0 Å².